The molecule has 0 saturated carbocycles. The number of nitrogens with one attached hydrogen (secondary N) is 1. The molecule has 1 unspecified atom stereocenters. The van der Waals surface area contributed by atoms with Crippen LogP contribution in [0.2, 0.25) is 0 Å². The molecule has 1 saturated heterocycles. The van der Waals surface area contributed by atoms with Crippen molar-refractivity contribution in [2.24, 2.45) is 0 Å². The lowest BCUT2D eigenvalue weighted by Crippen LogP contribution is -2.32. The minimum atomic E-state index is -0.570. The highest BCUT2D eigenvalue weighted by Crippen LogP contribution is 2.37. The molecule has 0 amide bonds. The first-order valence-corrected chi connectivity index (χ1v) is 6.62. The highest BCUT2D eigenvalue weighted by atomic mass is 32.1. The summed E-state index contributed by atoms with van der Waals surface area (Å²) < 4.78 is 5.96. The predicted molar refractivity (Wildman–Crippen MR) is 82.9 cm³/mol. The average molecular weight is 271 g/mol. The molecule has 0 aliphatic carbocycles. The van der Waals surface area contributed by atoms with Gasteiger partial charge in [0.05, 0.1) is 6.54 Å². The number of thiocarbonyl (C=S) groups is 1. The normalized spacial score (nSPS) is 23.2. The molecule has 2 nitrogen and oxygen atoms in total. The molecule has 2 rings (SSSR count). The van der Waals surface area contributed by atoms with Gasteiger partial charge in [0.25, 0.3) is 5.17 Å². The minimum absolute atomic E-state index is 0.434. The second-order valence-electron chi connectivity index (χ2n) is 4.29. The fourth-order valence-corrected chi connectivity index (χ4v) is 2.47. The van der Waals surface area contributed by atoms with Crippen LogP contribution in [0.4, 0.5) is 0 Å². The van der Waals surface area contributed by atoms with Crippen molar-refractivity contribution >= 4 is 17.4 Å². The van der Waals surface area contributed by atoms with E-state index in [1.54, 1.807) is 6.08 Å². The topological polar surface area (TPSA) is 21.3 Å². The molecule has 0 bridgehead atoms. The Bertz CT molecular complexity index is 533. The molecular weight excluding hydrogens is 254 g/mol. The monoisotopic (exact) mass is 271 g/mol. The van der Waals surface area contributed by atoms with E-state index in [-0.39, 0.29) is 0 Å². The van der Waals surface area contributed by atoms with Gasteiger partial charge in [0, 0.05) is 11.1 Å². The third kappa shape index (κ3) is 2.61. The van der Waals surface area contributed by atoms with Gasteiger partial charge >= 0.3 is 0 Å². The molecule has 3 heteroatoms. The molecule has 0 spiro atoms. The SMILES string of the molecule is C=C/C=C(\C=C/C)C1(c2ccccc2)CNC(=S)O1. The van der Waals surface area contributed by atoms with Crippen molar-refractivity contribution in [3.05, 3.63) is 72.4 Å². The zero-order chi connectivity index (χ0) is 13.7. The highest BCUT2D eigenvalue weighted by Gasteiger charge is 2.42. The van der Waals surface area contributed by atoms with Gasteiger partial charge in [-0.25, -0.2) is 0 Å². The van der Waals surface area contributed by atoms with Crippen molar-refractivity contribution in [2.45, 2.75) is 12.5 Å². The van der Waals surface area contributed by atoms with E-state index in [9.17, 15) is 0 Å². The summed E-state index contributed by atoms with van der Waals surface area (Å²) in [6.07, 6.45) is 7.75. The summed E-state index contributed by atoms with van der Waals surface area (Å²) >= 11 is 5.15. The summed E-state index contributed by atoms with van der Waals surface area (Å²) in [7, 11) is 0. The van der Waals surface area contributed by atoms with Crippen molar-refractivity contribution in [2.75, 3.05) is 6.54 Å². The zero-order valence-electron chi connectivity index (χ0n) is 10.9. The van der Waals surface area contributed by atoms with E-state index in [0.29, 0.717) is 11.7 Å². The van der Waals surface area contributed by atoms with Crippen LogP contribution in [0.3, 0.4) is 0 Å². The van der Waals surface area contributed by atoms with Crippen molar-refractivity contribution in [3.8, 4) is 0 Å². The molecule has 1 aromatic carbocycles. The van der Waals surface area contributed by atoms with Gasteiger partial charge in [0.2, 0.25) is 0 Å². The van der Waals surface area contributed by atoms with Crippen LogP contribution in [0.25, 0.3) is 0 Å². The fourth-order valence-electron chi connectivity index (χ4n) is 2.25. The van der Waals surface area contributed by atoms with Crippen LogP contribution in [0.5, 0.6) is 0 Å². The van der Waals surface area contributed by atoms with E-state index in [2.05, 4.69) is 24.0 Å². The van der Waals surface area contributed by atoms with Crippen molar-refractivity contribution in [1.82, 2.24) is 5.32 Å². The summed E-state index contributed by atoms with van der Waals surface area (Å²) in [5.74, 6) is 0. The Balaban J connectivity index is 2.55. The molecular formula is C16H17NOS. The number of allylic oxidation sites excluding steroid dienone is 3. The number of ether oxygens (including phenoxy) is 1. The quantitative estimate of drug-likeness (QED) is 0.669. The van der Waals surface area contributed by atoms with Crippen LogP contribution in [-0.4, -0.2) is 11.7 Å². The summed E-state index contributed by atoms with van der Waals surface area (Å²) in [4.78, 5) is 0. The Morgan fingerprint density at radius 2 is 2.16 bits per heavy atom. The molecule has 1 fully saturated rings. The van der Waals surface area contributed by atoms with E-state index in [0.717, 1.165) is 11.1 Å². The lowest BCUT2D eigenvalue weighted by Gasteiger charge is -2.29. The molecule has 0 aromatic heterocycles. The summed E-state index contributed by atoms with van der Waals surface area (Å²) in [5.41, 5.74) is 1.54. The first-order chi connectivity index (χ1) is 9.23. The first kappa shape index (κ1) is 13.6. The number of benzene rings is 1. The van der Waals surface area contributed by atoms with E-state index in [1.807, 2.05) is 43.4 Å². The zero-order valence-corrected chi connectivity index (χ0v) is 11.7. The van der Waals surface area contributed by atoms with E-state index in [4.69, 9.17) is 17.0 Å². The Labute approximate surface area is 119 Å². The maximum absolute atomic E-state index is 5.96. The number of hydrogen-bond acceptors (Lipinski definition) is 2. The van der Waals surface area contributed by atoms with Gasteiger partial charge in [-0.3, -0.25) is 0 Å². The molecule has 1 aromatic rings. The third-order valence-electron chi connectivity index (χ3n) is 3.10. The van der Waals surface area contributed by atoms with Crippen molar-refractivity contribution in [1.29, 1.82) is 0 Å². The predicted octanol–water partition coefficient (Wildman–Crippen LogP) is 3.48. The maximum Gasteiger partial charge on any atom is 0.258 e. The smallest absolute Gasteiger partial charge is 0.258 e. The third-order valence-corrected chi connectivity index (χ3v) is 3.33. The summed E-state index contributed by atoms with van der Waals surface area (Å²) in [6.45, 7) is 6.39. The van der Waals surface area contributed by atoms with Crippen molar-refractivity contribution < 1.29 is 4.74 Å². The Kier molecular flexibility index (Phi) is 4.17. The van der Waals surface area contributed by atoms with Crippen molar-refractivity contribution in [3.63, 3.8) is 0 Å². The molecule has 1 N–H and O–H groups in total. The van der Waals surface area contributed by atoms with Gasteiger partial charge in [-0.1, -0.05) is 61.2 Å². The first-order valence-electron chi connectivity index (χ1n) is 6.21. The van der Waals surface area contributed by atoms with E-state index < -0.39 is 5.60 Å². The molecule has 98 valence electrons. The molecule has 0 radical (unpaired) electrons. The fraction of sp³-hybridized carbons (Fsp3) is 0.188. The molecule has 1 aliphatic rings. The van der Waals surface area contributed by atoms with Gasteiger partial charge < -0.3 is 10.1 Å². The van der Waals surface area contributed by atoms with Crippen LogP contribution in [0, 0.1) is 0 Å². The molecule has 1 heterocycles. The largest absolute Gasteiger partial charge is 0.453 e. The lowest BCUT2D eigenvalue weighted by atomic mass is 9.85. The van der Waals surface area contributed by atoms with Crippen LogP contribution in [0.1, 0.15) is 12.5 Å². The van der Waals surface area contributed by atoms with Crippen LogP contribution in [0.15, 0.2) is 66.8 Å². The lowest BCUT2D eigenvalue weighted by molar-refractivity contribution is 0.141. The number of rotatable bonds is 4. The molecule has 1 atom stereocenters. The maximum atomic E-state index is 5.96. The van der Waals surface area contributed by atoms with E-state index >= 15 is 0 Å². The Morgan fingerprint density at radius 3 is 2.68 bits per heavy atom. The second-order valence-corrected chi connectivity index (χ2v) is 4.66. The Morgan fingerprint density at radius 1 is 1.42 bits per heavy atom. The van der Waals surface area contributed by atoms with E-state index in [1.165, 1.54) is 0 Å². The molecule has 19 heavy (non-hydrogen) atoms. The van der Waals surface area contributed by atoms with Crippen LogP contribution >= 0.6 is 12.2 Å². The van der Waals surface area contributed by atoms with Gasteiger partial charge in [-0.05, 0) is 19.1 Å². The minimum Gasteiger partial charge on any atom is -0.453 e. The summed E-state index contributed by atoms with van der Waals surface area (Å²) in [5, 5.41) is 3.54. The molecule has 1 aliphatic heterocycles. The van der Waals surface area contributed by atoms with Gasteiger partial charge in [-0.15, -0.1) is 0 Å². The second kappa shape index (κ2) is 5.85. The standard InChI is InChI=1S/C16H17NOS/c1-3-8-13(9-4-2)16(12-17-15(19)18-16)14-10-6-5-7-11-14/h3-11H,1,12H2,2H3,(H,17,19)/b9-4-,13-8+. The number of hydrogen-bond donors (Lipinski definition) is 1. The van der Waals surface area contributed by atoms with Gasteiger partial charge in [0.15, 0.2) is 5.60 Å². The average Bonchev–Trinajstić information content (AvgIpc) is 2.83. The van der Waals surface area contributed by atoms with Gasteiger partial charge in [0.1, 0.15) is 0 Å². The summed E-state index contributed by atoms with van der Waals surface area (Å²) in [6, 6.07) is 10.1. The Hall–Kier alpha value is -1.87. The van der Waals surface area contributed by atoms with Crippen LogP contribution < -0.4 is 5.32 Å². The van der Waals surface area contributed by atoms with Crippen LogP contribution in [-0.2, 0) is 10.3 Å². The highest BCUT2D eigenvalue weighted by molar-refractivity contribution is 7.80. The van der Waals surface area contributed by atoms with Gasteiger partial charge in [-0.2, -0.15) is 0 Å².